The van der Waals surface area contributed by atoms with Crippen LogP contribution in [0.5, 0.6) is 0 Å². The van der Waals surface area contributed by atoms with Crippen LogP contribution in [0.1, 0.15) is 23.2 Å². The van der Waals surface area contributed by atoms with Gasteiger partial charge in [0.1, 0.15) is 0 Å². The van der Waals surface area contributed by atoms with Gasteiger partial charge in [-0.05, 0) is 12.8 Å². The summed E-state index contributed by atoms with van der Waals surface area (Å²) < 4.78 is 0. The van der Waals surface area contributed by atoms with Gasteiger partial charge in [-0.1, -0.05) is 42.5 Å². The number of likely N-dealkylation sites (tertiary alicyclic amines) is 1. The van der Waals surface area contributed by atoms with E-state index in [1.165, 1.54) is 0 Å². The molecule has 1 aromatic rings. The van der Waals surface area contributed by atoms with Gasteiger partial charge in [0.15, 0.2) is 5.78 Å². The molecule has 0 unspecified atom stereocenters. The van der Waals surface area contributed by atoms with Gasteiger partial charge in [0.25, 0.3) is 0 Å². The quantitative estimate of drug-likeness (QED) is 0.478. The molecule has 20 heavy (non-hydrogen) atoms. The van der Waals surface area contributed by atoms with Crippen molar-refractivity contribution < 1.29 is 14.4 Å². The molecule has 1 aliphatic heterocycles. The first-order valence-corrected chi connectivity index (χ1v) is 6.77. The van der Waals surface area contributed by atoms with Crippen molar-refractivity contribution in [1.29, 1.82) is 0 Å². The third-order valence-electron chi connectivity index (χ3n) is 4.00. The Bertz CT molecular complexity index is 565. The standard InChI is InChI=1S/C16H15NO3/c18-14(11-6-2-1-3-7-11)10-17-15(19)12-8-4-5-9-13(12)16(17)20/h1-7,12-13H,8-10H2/t12-,13+. The number of ketones is 1. The van der Waals surface area contributed by atoms with Crippen molar-refractivity contribution in [3.8, 4) is 0 Å². The zero-order valence-corrected chi connectivity index (χ0v) is 11.0. The van der Waals surface area contributed by atoms with Crippen LogP contribution in [0.3, 0.4) is 0 Å². The van der Waals surface area contributed by atoms with Gasteiger partial charge in [0, 0.05) is 5.56 Å². The number of carbonyl (C=O) groups is 3. The number of benzene rings is 1. The van der Waals surface area contributed by atoms with Gasteiger partial charge in [-0.25, -0.2) is 0 Å². The maximum Gasteiger partial charge on any atom is 0.233 e. The van der Waals surface area contributed by atoms with E-state index in [0.717, 1.165) is 4.90 Å². The number of fused-ring (bicyclic) bond motifs is 1. The number of rotatable bonds is 3. The lowest BCUT2D eigenvalue weighted by Gasteiger charge is -2.14. The highest BCUT2D eigenvalue weighted by Crippen LogP contribution is 2.34. The molecule has 0 bridgehead atoms. The van der Waals surface area contributed by atoms with Gasteiger partial charge in [0.2, 0.25) is 11.8 Å². The molecule has 0 radical (unpaired) electrons. The van der Waals surface area contributed by atoms with Crippen LogP contribution in [-0.4, -0.2) is 29.0 Å². The minimum absolute atomic E-state index is 0.144. The predicted molar refractivity (Wildman–Crippen MR) is 72.8 cm³/mol. The van der Waals surface area contributed by atoms with Crippen molar-refractivity contribution in [2.45, 2.75) is 12.8 Å². The number of Topliss-reactive ketones (excluding diaryl/α,β-unsaturated/α-hetero) is 1. The Balaban J connectivity index is 1.77. The van der Waals surface area contributed by atoms with Gasteiger partial charge < -0.3 is 0 Å². The summed E-state index contributed by atoms with van der Waals surface area (Å²) in [5.41, 5.74) is 0.529. The highest BCUT2D eigenvalue weighted by atomic mass is 16.2. The van der Waals surface area contributed by atoms with Crippen LogP contribution in [0, 0.1) is 11.8 Å². The van der Waals surface area contributed by atoms with Crippen LogP contribution in [-0.2, 0) is 9.59 Å². The second-order valence-corrected chi connectivity index (χ2v) is 5.21. The first kappa shape index (κ1) is 12.8. The van der Waals surface area contributed by atoms with Gasteiger partial charge in [0.05, 0.1) is 18.4 Å². The number of carbonyl (C=O) groups excluding carboxylic acids is 3. The van der Waals surface area contributed by atoms with E-state index in [0.29, 0.717) is 18.4 Å². The third-order valence-corrected chi connectivity index (χ3v) is 4.00. The summed E-state index contributed by atoms with van der Waals surface area (Å²) in [7, 11) is 0. The molecule has 0 N–H and O–H groups in total. The number of hydrogen-bond acceptors (Lipinski definition) is 3. The topological polar surface area (TPSA) is 54.5 Å². The van der Waals surface area contributed by atoms with Crippen LogP contribution in [0.4, 0.5) is 0 Å². The summed E-state index contributed by atoms with van der Waals surface area (Å²) >= 11 is 0. The van der Waals surface area contributed by atoms with E-state index in [2.05, 4.69) is 0 Å². The molecule has 4 nitrogen and oxygen atoms in total. The normalized spacial score (nSPS) is 24.9. The third kappa shape index (κ3) is 2.07. The summed E-state index contributed by atoms with van der Waals surface area (Å²) in [5, 5.41) is 0. The molecule has 1 aromatic carbocycles. The fourth-order valence-electron chi connectivity index (χ4n) is 2.88. The molecule has 4 heteroatoms. The Morgan fingerprint density at radius 3 is 2.10 bits per heavy atom. The Labute approximate surface area is 117 Å². The van der Waals surface area contributed by atoms with Crippen LogP contribution in [0.25, 0.3) is 0 Å². The molecule has 0 spiro atoms. The van der Waals surface area contributed by atoms with E-state index in [-0.39, 0.29) is 36.0 Å². The largest absolute Gasteiger partial charge is 0.292 e. The Morgan fingerprint density at radius 1 is 1.00 bits per heavy atom. The van der Waals surface area contributed by atoms with E-state index in [4.69, 9.17) is 0 Å². The highest BCUT2D eigenvalue weighted by molar-refractivity contribution is 6.10. The van der Waals surface area contributed by atoms with Gasteiger partial charge in [-0.15, -0.1) is 0 Å². The van der Waals surface area contributed by atoms with E-state index in [1.807, 2.05) is 18.2 Å². The van der Waals surface area contributed by atoms with E-state index in [1.54, 1.807) is 24.3 Å². The van der Waals surface area contributed by atoms with E-state index >= 15 is 0 Å². The number of nitrogens with zero attached hydrogens (tertiary/aromatic N) is 1. The van der Waals surface area contributed by atoms with Crippen molar-refractivity contribution in [2.75, 3.05) is 6.54 Å². The zero-order chi connectivity index (χ0) is 14.1. The van der Waals surface area contributed by atoms with Gasteiger partial charge in [-0.3, -0.25) is 19.3 Å². The average Bonchev–Trinajstić information content (AvgIpc) is 2.74. The van der Waals surface area contributed by atoms with Crippen LogP contribution >= 0.6 is 0 Å². The molecule has 2 amide bonds. The molecule has 2 aliphatic rings. The van der Waals surface area contributed by atoms with E-state index < -0.39 is 0 Å². The van der Waals surface area contributed by atoms with Crippen molar-refractivity contribution >= 4 is 17.6 Å². The average molecular weight is 269 g/mol. The molecule has 1 fully saturated rings. The summed E-state index contributed by atoms with van der Waals surface area (Å²) in [6.07, 6.45) is 5.08. The molecule has 0 saturated carbocycles. The highest BCUT2D eigenvalue weighted by Gasteiger charge is 2.47. The summed E-state index contributed by atoms with van der Waals surface area (Å²) in [4.78, 5) is 37.7. The number of amides is 2. The number of imide groups is 1. The van der Waals surface area contributed by atoms with E-state index in [9.17, 15) is 14.4 Å². The molecule has 102 valence electrons. The Morgan fingerprint density at radius 2 is 1.55 bits per heavy atom. The minimum atomic E-state index is -0.268. The molecule has 1 heterocycles. The number of allylic oxidation sites excluding steroid dienone is 2. The molecule has 2 atom stereocenters. The van der Waals surface area contributed by atoms with Crippen molar-refractivity contribution in [3.05, 3.63) is 48.0 Å². The fourth-order valence-corrected chi connectivity index (χ4v) is 2.88. The fraction of sp³-hybridized carbons (Fsp3) is 0.312. The molecular weight excluding hydrogens is 254 g/mol. The van der Waals surface area contributed by atoms with Crippen molar-refractivity contribution in [3.63, 3.8) is 0 Å². The molecule has 0 aromatic heterocycles. The maximum atomic E-state index is 12.2. The lowest BCUT2D eigenvalue weighted by molar-refractivity contribution is -0.139. The maximum absolute atomic E-state index is 12.2. The second-order valence-electron chi connectivity index (χ2n) is 5.21. The summed E-state index contributed by atoms with van der Waals surface area (Å²) in [6, 6.07) is 8.75. The van der Waals surface area contributed by atoms with Crippen LogP contribution in [0.15, 0.2) is 42.5 Å². The van der Waals surface area contributed by atoms with Gasteiger partial charge in [-0.2, -0.15) is 0 Å². The van der Waals surface area contributed by atoms with Gasteiger partial charge >= 0.3 is 0 Å². The van der Waals surface area contributed by atoms with Crippen molar-refractivity contribution in [1.82, 2.24) is 4.90 Å². The smallest absolute Gasteiger partial charge is 0.233 e. The molecule has 1 aliphatic carbocycles. The lowest BCUT2D eigenvalue weighted by Crippen LogP contribution is -2.36. The summed E-state index contributed by atoms with van der Waals surface area (Å²) in [5.74, 6) is -1.13. The minimum Gasteiger partial charge on any atom is -0.292 e. The Kier molecular flexibility index (Phi) is 3.22. The lowest BCUT2D eigenvalue weighted by atomic mass is 9.85. The predicted octanol–water partition coefficient (Wildman–Crippen LogP) is 1.82. The molecular formula is C16H15NO3. The second kappa shape index (κ2) is 5.04. The monoisotopic (exact) mass is 269 g/mol. The molecule has 3 rings (SSSR count). The number of hydrogen-bond donors (Lipinski definition) is 0. The van der Waals surface area contributed by atoms with Crippen LogP contribution < -0.4 is 0 Å². The van der Waals surface area contributed by atoms with Crippen molar-refractivity contribution in [2.24, 2.45) is 11.8 Å². The molecule has 1 saturated heterocycles. The van der Waals surface area contributed by atoms with Crippen LogP contribution in [0.2, 0.25) is 0 Å². The first-order valence-electron chi connectivity index (χ1n) is 6.77. The SMILES string of the molecule is O=C(CN1C(=O)[C@H]2CC=CC[C@H]2C1=O)c1ccccc1. The first-order chi connectivity index (χ1) is 9.68. The summed E-state index contributed by atoms with van der Waals surface area (Å²) in [6.45, 7) is -0.144. The zero-order valence-electron chi connectivity index (χ0n) is 11.0. The Hall–Kier alpha value is -2.23.